The quantitative estimate of drug-likeness (QED) is 0.102. The highest BCUT2D eigenvalue weighted by Crippen LogP contribution is 2.23. The van der Waals surface area contributed by atoms with Gasteiger partial charge in [-0.2, -0.15) is 0 Å². The second-order valence-electron chi connectivity index (χ2n) is 15.6. The summed E-state index contributed by atoms with van der Waals surface area (Å²) in [5.74, 6) is -3.16. The smallest absolute Gasteiger partial charge is 0.407 e. The fourth-order valence-corrected chi connectivity index (χ4v) is 7.46. The van der Waals surface area contributed by atoms with Crippen molar-refractivity contribution in [3.8, 4) is 5.75 Å². The van der Waals surface area contributed by atoms with Gasteiger partial charge in [0.15, 0.2) is 12.4 Å². The van der Waals surface area contributed by atoms with Crippen LogP contribution in [0, 0.1) is 11.8 Å². The van der Waals surface area contributed by atoms with Crippen molar-refractivity contribution in [1.29, 1.82) is 0 Å². The topological polar surface area (TPSA) is 218 Å². The van der Waals surface area contributed by atoms with Gasteiger partial charge < -0.3 is 46.5 Å². The van der Waals surface area contributed by atoms with Crippen LogP contribution in [0.15, 0.2) is 42.5 Å². The molecule has 1 saturated carbocycles. The lowest BCUT2D eigenvalue weighted by atomic mass is 9.87. The largest absolute Gasteiger partial charge is 0.484 e. The number of nitrogens with two attached hydrogens (primary N) is 1. The van der Waals surface area contributed by atoms with Crippen LogP contribution in [0.3, 0.4) is 0 Å². The van der Waals surface area contributed by atoms with Crippen molar-refractivity contribution in [2.75, 3.05) is 32.8 Å². The molecule has 314 valence electrons. The molecule has 4 rings (SSSR count). The monoisotopic (exact) mass is 794 g/mol. The minimum Gasteiger partial charge on any atom is -0.484 e. The SMILES string of the molecule is CC(C)[C@@H](CC(=O)[C@H](CCCCN)NC(=O)COc1ccc2ccccc2c1)C(=O)NCC(=O)N[C@H](C(=O)N1CCC[C@H]1COC(=O)NC1CCCCC1)[C@@H](C)O. The number of nitrogens with zero attached hydrogens (tertiary/aromatic N) is 1. The van der Waals surface area contributed by atoms with E-state index in [1.807, 2.05) is 36.4 Å². The summed E-state index contributed by atoms with van der Waals surface area (Å²) in [7, 11) is 0. The number of hydrogen-bond acceptors (Lipinski definition) is 10. The molecule has 0 unspecified atom stereocenters. The predicted molar refractivity (Wildman–Crippen MR) is 215 cm³/mol. The molecule has 0 radical (unpaired) electrons. The zero-order chi connectivity index (χ0) is 41.3. The lowest BCUT2D eigenvalue weighted by Crippen LogP contribution is -2.57. The Hall–Kier alpha value is -4.76. The van der Waals surface area contributed by atoms with E-state index >= 15 is 0 Å². The fraction of sp³-hybridized carbons (Fsp3) is 0.619. The van der Waals surface area contributed by atoms with Crippen LogP contribution >= 0.6 is 0 Å². The number of likely N-dealkylation sites (tertiary alicyclic amines) is 1. The standard InChI is InChI=1S/C42H62N6O9/c1-27(2)34(23-36(50)35(17-9-10-20-43)46-38(52)26-56-33-19-18-29-12-7-8-13-30(29)22-33)40(53)44-24-37(51)47-39(28(3)49)41(54)48-21-11-16-32(48)25-57-42(55)45-31-14-5-4-6-15-31/h7-8,12-13,18-19,22,27-28,31-32,34-35,39,49H,4-6,9-11,14-17,20-21,23-26,43H2,1-3H3,(H,44,53)(H,45,55)(H,46,52)(H,47,51)/t28-,32+,34-,35+,39+/m1/s1. The first-order chi connectivity index (χ1) is 27.4. The molecule has 5 amide bonds. The van der Waals surface area contributed by atoms with Crippen LogP contribution in [0.1, 0.15) is 91.4 Å². The van der Waals surface area contributed by atoms with Gasteiger partial charge in [-0.25, -0.2) is 4.79 Å². The molecule has 1 aliphatic heterocycles. The molecule has 2 fully saturated rings. The molecular formula is C42H62N6O9. The van der Waals surface area contributed by atoms with E-state index in [-0.39, 0.29) is 37.4 Å². The summed E-state index contributed by atoms with van der Waals surface area (Å²) in [5, 5.41) is 23.3. The molecule has 15 heteroatoms. The Labute approximate surface area is 335 Å². The highest BCUT2D eigenvalue weighted by molar-refractivity contribution is 5.94. The normalized spacial score (nSPS) is 17.9. The van der Waals surface area contributed by atoms with Crippen LogP contribution in [0.4, 0.5) is 4.79 Å². The summed E-state index contributed by atoms with van der Waals surface area (Å²) in [6.45, 7) is 4.95. The molecule has 57 heavy (non-hydrogen) atoms. The number of carbonyl (C=O) groups excluding carboxylic acids is 6. The zero-order valence-corrected chi connectivity index (χ0v) is 33.6. The molecule has 1 heterocycles. The van der Waals surface area contributed by atoms with E-state index in [9.17, 15) is 33.9 Å². The van der Waals surface area contributed by atoms with Gasteiger partial charge in [0.1, 0.15) is 18.4 Å². The van der Waals surface area contributed by atoms with E-state index in [0.29, 0.717) is 50.9 Å². The third-order valence-electron chi connectivity index (χ3n) is 10.8. The highest BCUT2D eigenvalue weighted by atomic mass is 16.5. The van der Waals surface area contributed by atoms with E-state index in [4.69, 9.17) is 15.2 Å². The van der Waals surface area contributed by atoms with Gasteiger partial charge in [-0.3, -0.25) is 24.0 Å². The van der Waals surface area contributed by atoms with Crippen LogP contribution in [0.5, 0.6) is 5.75 Å². The molecular weight excluding hydrogens is 732 g/mol. The Morgan fingerprint density at radius 1 is 0.895 bits per heavy atom. The number of ketones is 1. The molecule has 0 aromatic heterocycles. The van der Waals surface area contributed by atoms with Crippen molar-refractivity contribution in [3.05, 3.63) is 42.5 Å². The number of hydrogen-bond donors (Lipinski definition) is 6. The second-order valence-corrected chi connectivity index (χ2v) is 15.6. The average molecular weight is 795 g/mol. The summed E-state index contributed by atoms with van der Waals surface area (Å²) in [5.41, 5.74) is 5.68. The molecule has 1 aliphatic carbocycles. The van der Waals surface area contributed by atoms with Crippen LogP contribution in [0.2, 0.25) is 0 Å². The number of rotatable bonds is 21. The second kappa shape index (κ2) is 22.8. The fourth-order valence-electron chi connectivity index (χ4n) is 7.46. The summed E-state index contributed by atoms with van der Waals surface area (Å²) < 4.78 is 11.2. The molecule has 7 N–H and O–H groups in total. The first-order valence-corrected chi connectivity index (χ1v) is 20.5. The molecule has 2 aromatic rings. The Bertz CT molecular complexity index is 1660. The van der Waals surface area contributed by atoms with Crippen molar-refractivity contribution in [1.82, 2.24) is 26.2 Å². The Morgan fingerprint density at radius 3 is 2.33 bits per heavy atom. The van der Waals surface area contributed by atoms with E-state index < -0.39 is 66.4 Å². The molecule has 2 aromatic carbocycles. The van der Waals surface area contributed by atoms with Gasteiger partial charge in [0.05, 0.1) is 24.7 Å². The summed E-state index contributed by atoms with van der Waals surface area (Å²) in [6.07, 6.45) is 5.99. The van der Waals surface area contributed by atoms with Gasteiger partial charge in [0.2, 0.25) is 17.7 Å². The maximum Gasteiger partial charge on any atom is 0.407 e. The van der Waals surface area contributed by atoms with Gasteiger partial charge in [0.25, 0.3) is 5.91 Å². The van der Waals surface area contributed by atoms with Gasteiger partial charge in [-0.05, 0) is 87.2 Å². The molecule has 5 atom stereocenters. The lowest BCUT2D eigenvalue weighted by Gasteiger charge is -2.30. The van der Waals surface area contributed by atoms with Crippen molar-refractivity contribution in [2.45, 2.75) is 122 Å². The number of amides is 5. The maximum absolute atomic E-state index is 13.6. The zero-order valence-electron chi connectivity index (χ0n) is 33.6. The number of aliphatic hydroxyl groups is 1. The van der Waals surface area contributed by atoms with Crippen molar-refractivity contribution in [3.63, 3.8) is 0 Å². The maximum atomic E-state index is 13.6. The number of alkyl carbamates (subject to hydrolysis) is 1. The van der Waals surface area contributed by atoms with Crippen LogP contribution < -0.4 is 31.7 Å². The number of benzene rings is 2. The van der Waals surface area contributed by atoms with Gasteiger partial charge in [-0.15, -0.1) is 0 Å². The first-order valence-electron chi connectivity index (χ1n) is 20.5. The van der Waals surface area contributed by atoms with Crippen LogP contribution in [-0.2, 0) is 28.7 Å². The minimum atomic E-state index is -1.29. The van der Waals surface area contributed by atoms with Crippen LogP contribution in [0.25, 0.3) is 10.8 Å². The molecule has 2 aliphatic rings. The Kier molecular flexibility index (Phi) is 18.0. The number of Topliss-reactive ketones (excluding diaryl/α,β-unsaturated/α-hetero) is 1. The van der Waals surface area contributed by atoms with Crippen molar-refractivity contribution < 1.29 is 43.3 Å². The number of ether oxygens (including phenoxy) is 2. The van der Waals surface area contributed by atoms with E-state index in [2.05, 4.69) is 21.3 Å². The Morgan fingerprint density at radius 2 is 1.63 bits per heavy atom. The number of nitrogens with one attached hydrogen (secondary N) is 4. The summed E-state index contributed by atoms with van der Waals surface area (Å²) >= 11 is 0. The molecule has 0 bridgehead atoms. The van der Waals surface area contributed by atoms with E-state index in [1.54, 1.807) is 19.9 Å². The number of fused-ring (bicyclic) bond motifs is 1. The lowest BCUT2D eigenvalue weighted by molar-refractivity contribution is -0.140. The predicted octanol–water partition coefficient (Wildman–Crippen LogP) is 3.10. The third-order valence-corrected chi connectivity index (χ3v) is 10.8. The van der Waals surface area contributed by atoms with Crippen molar-refractivity contribution in [2.24, 2.45) is 17.6 Å². The van der Waals surface area contributed by atoms with Gasteiger partial charge >= 0.3 is 6.09 Å². The van der Waals surface area contributed by atoms with Gasteiger partial charge in [-0.1, -0.05) is 63.4 Å². The first kappa shape index (κ1) is 44.9. The molecule has 0 spiro atoms. The number of aliphatic hydroxyl groups excluding tert-OH is 1. The molecule has 1 saturated heterocycles. The summed E-state index contributed by atoms with van der Waals surface area (Å²) in [4.78, 5) is 80.6. The minimum absolute atomic E-state index is 0.00715. The van der Waals surface area contributed by atoms with E-state index in [0.717, 1.165) is 42.9 Å². The highest BCUT2D eigenvalue weighted by Gasteiger charge is 2.37. The average Bonchev–Trinajstić information content (AvgIpc) is 3.67. The number of unbranched alkanes of at least 4 members (excludes halogenated alkanes) is 1. The van der Waals surface area contributed by atoms with Crippen LogP contribution in [-0.4, -0.2) is 109 Å². The summed E-state index contributed by atoms with van der Waals surface area (Å²) in [6, 6.07) is 10.8. The van der Waals surface area contributed by atoms with Crippen molar-refractivity contribution >= 4 is 46.3 Å². The third kappa shape index (κ3) is 14.3. The Balaban J connectivity index is 1.27. The van der Waals surface area contributed by atoms with E-state index in [1.165, 1.54) is 11.8 Å². The van der Waals surface area contributed by atoms with Gasteiger partial charge in [0, 0.05) is 24.9 Å². The number of carbonyl (C=O) groups is 6. The molecule has 15 nitrogen and oxygen atoms in total.